The van der Waals surface area contributed by atoms with Crippen molar-refractivity contribution in [2.24, 2.45) is 5.92 Å². The zero-order valence-corrected chi connectivity index (χ0v) is 16.8. The molecule has 1 fully saturated rings. The van der Waals surface area contributed by atoms with Gasteiger partial charge < -0.3 is 14.6 Å². The second-order valence-corrected chi connectivity index (χ2v) is 8.14. The number of ether oxygens (including phenoxy) is 2. The Hall–Kier alpha value is -1.92. The van der Waals surface area contributed by atoms with Crippen LogP contribution in [-0.2, 0) is 25.6 Å². The fraction of sp³-hybridized carbons (Fsp3) is 0.619. The predicted octanol–water partition coefficient (Wildman–Crippen LogP) is 2.53. The normalized spacial score (nSPS) is 22.9. The summed E-state index contributed by atoms with van der Waals surface area (Å²) in [6.07, 6.45) is 0.303. The highest BCUT2D eigenvalue weighted by Gasteiger charge is 2.47. The molecule has 0 aliphatic carbocycles. The molecular formula is C21H31NO5. The topological polar surface area (TPSA) is 76.1 Å². The van der Waals surface area contributed by atoms with Gasteiger partial charge in [-0.3, -0.25) is 14.5 Å². The lowest BCUT2D eigenvalue weighted by atomic mass is 9.92. The summed E-state index contributed by atoms with van der Waals surface area (Å²) in [6, 6.07) is 9.03. The lowest BCUT2D eigenvalue weighted by Gasteiger charge is -2.35. The lowest BCUT2D eigenvalue weighted by molar-refractivity contribution is -0.168. The summed E-state index contributed by atoms with van der Waals surface area (Å²) in [5.74, 6) is -1.49. The first kappa shape index (κ1) is 21.4. The summed E-state index contributed by atoms with van der Waals surface area (Å²) in [5, 5.41) is 10.4. The van der Waals surface area contributed by atoms with Gasteiger partial charge in [-0.05, 0) is 46.1 Å². The lowest BCUT2D eigenvalue weighted by Crippen LogP contribution is -2.49. The summed E-state index contributed by atoms with van der Waals surface area (Å²) >= 11 is 0. The van der Waals surface area contributed by atoms with Crippen molar-refractivity contribution in [3.05, 3.63) is 35.9 Å². The molecule has 4 atom stereocenters. The van der Waals surface area contributed by atoms with Gasteiger partial charge in [-0.2, -0.15) is 0 Å². The van der Waals surface area contributed by atoms with Crippen molar-refractivity contribution < 1.29 is 24.2 Å². The van der Waals surface area contributed by atoms with E-state index in [2.05, 4.69) is 0 Å². The van der Waals surface area contributed by atoms with E-state index in [9.17, 15) is 14.7 Å². The monoisotopic (exact) mass is 377 g/mol. The summed E-state index contributed by atoms with van der Waals surface area (Å²) in [4.78, 5) is 27.1. The van der Waals surface area contributed by atoms with Gasteiger partial charge in [0.05, 0.1) is 19.1 Å². The molecule has 0 bridgehead atoms. The molecule has 0 spiro atoms. The van der Waals surface area contributed by atoms with Crippen LogP contribution in [0.3, 0.4) is 0 Å². The van der Waals surface area contributed by atoms with Crippen LogP contribution in [0.2, 0.25) is 0 Å². The maximum Gasteiger partial charge on any atom is 0.323 e. The van der Waals surface area contributed by atoms with E-state index in [4.69, 9.17) is 9.47 Å². The molecule has 1 N–H and O–H groups in total. The highest BCUT2D eigenvalue weighted by Crippen LogP contribution is 2.34. The van der Waals surface area contributed by atoms with Crippen LogP contribution in [0.15, 0.2) is 30.3 Å². The largest absolute Gasteiger partial charge is 0.468 e. The third-order valence-corrected chi connectivity index (χ3v) is 4.86. The maximum atomic E-state index is 12.8. The van der Waals surface area contributed by atoms with Crippen LogP contribution < -0.4 is 0 Å². The third-order valence-electron chi connectivity index (χ3n) is 4.86. The summed E-state index contributed by atoms with van der Waals surface area (Å²) < 4.78 is 10.5. The molecule has 6 nitrogen and oxygen atoms in total. The smallest absolute Gasteiger partial charge is 0.323 e. The second-order valence-electron chi connectivity index (χ2n) is 8.14. The zero-order valence-electron chi connectivity index (χ0n) is 16.8. The number of methoxy groups -OCH3 is 1. The second kappa shape index (κ2) is 8.85. The van der Waals surface area contributed by atoms with Crippen molar-refractivity contribution >= 4 is 11.9 Å². The zero-order chi connectivity index (χ0) is 20.2. The van der Waals surface area contributed by atoms with Crippen molar-refractivity contribution in [1.29, 1.82) is 0 Å². The van der Waals surface area contributed by atoms with Crippen LogP contribution in [-0.4, -0.2) is 52.8 Å². The Morgan fingerprint density at radius 1 is 1.22 bits per heavy atom. The van der Waals surface area contributed by atoms with Gasteiger partial charge in [0.1, 0.15) is 11.6 Å². The van der Waals surface area contributed by atoms with Gasteiger partial charge in [0, 0.05) is 12.6 Å². The number of esters is 2. The van der Waals surface area contributed by atoms with Gasteiger partial charge in [-0.1, -0.05) is 30.3 Å². The Morgan fingerprint density at radius 2 is 1.85 bits per heavy atom. The van der Waals surface area contributed by atoms with E-state index in [1.54, 1.807) is 27.7 Å². The number of nitrogens with zero attached hydrogens (tertiary/aromatic N) is 1. The van der Waals surface area contributed by atoms with Crippen LogP contribution in [0.4, 0.5) is 0 Å². The third kappa shape index (κ3) is 5.53. The Balaban J connectivity index is 2.31. The van der Waals surface area contributed by atoms with E-state index < -0.39 is 29.6 Å². The first-order valence-corrected chi connectivity index (χ1v) is 9.42. The van der Waals surface area contributed by atoms with Crippen molar-refractivity contribution in [3.63, 3.8) is 0 Å². The summed E-state index contributed by atoms with van der Waals surface area (Å²) in [6.45, 7) is 7.50. The summed E-state index contributed by atoms with van der Waals surface area (Å²) in [7, 11) is 1.37. The van der Waals surface area contributed by atoms with E-state index >= 15 is 0 Å². The molecule has 1 saturated heterocycles. The predicted molar refractivity (Wildman–Crippen MR) is 102 cm³/mol. The Kier molecular flexibility index (Phi) is 7.00. The first-order chi connectivity index (χ1) is 12.6. The summed E-state index contributed by atoms with van der Waals surface area (Å²) in [5.41, 5.74) is 0.390. The molecular weight excluding hydrogens is 346 g/mol. The highest BCUT2D eigenvalue weighted by atomic mass is 16.6. The SMILES string of the molecule is COC(=O)[C@@H]1CC[C@H]([C@H](C(=O)OC(C)(C)C)[C@H](C)O)N1Cc1ccccc1. The maximum absolute atomic E-state index is 12.8. The Morgan fingerprint density at radius 3 is 2.37 bits per heavy atom. The van der Waals surface area contributed by atoms with Crippen LogP contribution in [0.5, 0.6) is 0 Å². The van der Waals surface area contributed by atoms with Gasteiger partial charge >= 0.3 is 11.9 Å². The molecule has 27 heavy (non-hydrogen) atoms. The van der Waals surface area contributed by atoms with E-state index in [0.717, 1.165) is 5.56 Å². The molecule has 0 aromatic heterocycles. The standard InChI is InChI=1S/C21H31NO5/c1-14(23)18(20(25)27-21(2,3)4)16-11-12-17(19(24)26-5)22(16)13-15-9-7-6-8-10-15/h6-10,14,16-18,23H,11-13H2,1-5H3/t14-,16+,17-,18+/m0/s1. The number of hydrogen-bond donors (Lipinski definition) is 1. The number of rotatable bonds is 6. The molecule has 0 radical (unpaired) electrons. The van der Waals surface area contributed by atoms with Crippen LogP contribution in [0, 0.1) is 5.92 Å². The Bertz CT molecular complexity index is 638. The molecule has 0 unspecified atom stereocenters. The van der Waals surface area contributed by atoms with E-state index in [1.807, 2.05) is 35.2 Å². The molecule has 0 saturated carbocycles. The van der Waals surface area contributed by atoms with Crippen LogP contribution >= 0.6 is 0 Å². The van der Waals surface area contributed by atoms with Gasteiger partial charge in [-0.25, -0.2) is 0 Å². The highest BCUT2D eigenvalue weighted by molar-refractivity contribution is 5.77. The fourth-order valence-corrected chi connectivity index (χ4v) is 3.73. The Labute approximate surface area is 161 Å². The molecule has 1 aromatic carbocycles. The fourth-order valence-electron chi connectivity index (χ4n) is 3.73. The number of benzene rings is 1. The number of carbonyl (C=O) groups is 2. The average molecular weight is 377 g/mol. The number of aliphatic hydroxyl groups is 1. The van der Waals surface area contributed by atoms with Gasteiger partial charge in [0.2, 0.25) is 0 Å². The number of carbonyl (C=O) groups excluding carboxylic acids is 2. The average Bonchev–Trinajstić information content (AvgIpc) is 2.96. The van der Waals surface area contributed by atoms with Crippen molar-refractivity contribution in [3.8, 4) is 0 Å². The molecule has 1 aliphatic rings. The van der Waals surface area contributed by atoms with Crippen molar-refractivity contribution in [2.45, 2.75) is 70.9 Å². The van der Waals surface area contributed by atoms with Gasteiger partial charge in [-0.15, -0.1) is 0 Å². The molecule has 1 heterocycles. The quantitative estimate of drug-likeness (QED) is 0.768. The van der Waals surface area contributed by atoms with Gasteiger partial charge in [0.15, 0.2) is 0 Å². The number of likely N-dealkylation sites (tertiary alicyclic amines) is 1. The molecule has 6 heteroatoms. The first-order valence-electron chi connectivity index (χ1n) is 9.42. The molecule has 1 aliphatic heterocycles. The molecule has 0 amide bonds. The molecule has 1 aromatic rings. The minimum Gasteiger partial charge on any atom is -0.468 e. The minimum absolute atomic E-state index is 0.302. The van der Waals surface area contributed by atoms with E-state index in [1.165, 1.54) is 7.11 Å². The van der Waals surface area contributed by atoms with E-state index in [0.29, 0.717) is 19.4 Å². The van der Waals surface area contributed by atoms with E-state index in [-0.39, 0.29) is 12.0 Å². The van der Waals surface area contributed by atoms with Crippen molar-refractivity contribution in [1.82, 2.24) is 4.90 Å². The molecule has 150 valence electrons. The van der Waals surface area contributed by atoms with Crippen LogP contribution in [0.25, 0.3) is 0 Å². The van der Waals surface area contributed by atoms with Gasteiger partial charge in [0.25, 0.3) is 0 Å². The number of aliphatic hydroxyl groups excluding tert-OH is 1. The van der Waals surface area contributed by atoms with Crippen LogP contribution in [0.1, 0.15) is 46.1 Å². The number of hydrogen-bond acceptors (Lipinski definition) is 6. The minimum atomic E-state index is -0.889. The molecule has 2 rings (SSSR count). The van der Waals surface area contributed by atoms with Crippen molar-refractivity contribution in [2.75, 3.05) is 7.11 Å².